The summed E-state index contributed by atoms with van der Waals surface area (Å²) in [6.45, 7) is 13.9. The summed E-state index contributed by atoms with van der Waals surface area (Å²) in [5.41, 5.74) is 7.84. The van der Waals surface area contributed by atoms with Gasteiger partial charge in [-0.2, -0.15) is 0 Å². The van der Waals surface area contributed by atoms with Crippen LogP contribution in [0, 0.1) is 5.92 Å². The second-order valence-electron chi connectivity index (χ2n) is 5.05. The van der Waals surface area contributed by atoms with Crippen molar-refractivity contribution in [2.75, 3.05) is 6.54 Å². The van der Waals surface area contributed by atoms with Crippen molar-refractivity contribution in [2.45, 2.75) is 13.3 Å². The molecule has 0 bridgehead atoms. The van der Waals surface area contributed by atoms with E-state index in [1.807, 2.05) is 49.4 Å². The summed E-state index contributed by atoms with van der Waals surface area (Å²) in [7, 11) is 0. The van der Waals surface area contributed by atoms with Crippen LogP contribution in [0.5, 0.6) is 0 Å². The van der Waals surface area contributed by atoms with Crippen LogP contribution < -0.4 is 5.73 Å². The second kappa shape index (κ2) is 10.1. The van der Waals surface area contributed by atoms with Crippen LogP contribution in [-0.4, -0.2) is 18.2 Å². The Hall–Kier alpha value is -2.68. The molecule has 0 fully saturated rings. The van der Waals surface area contributed by atoms with Crippen molar-refractivity contribution in [1.82, 2.24) is 0 Å². The molecule has 2 N–H and O–H groups in total. The highest BCUT2D eigenvalue weighted by Crippen LogP contribution is 2.12. The molecule has 0 saturated heterocycles. The highest BCUT2D eigenvalue weighted by atomic mass is 15.0. The van der Waals surface area contributed by atoms with E-state index in [1.54, 1.807) is 6.08 Å². The van der Waals surface area contributed by atoms with E-state index < -0.39 is 0 Å². The van der Waals surface area contributed by atoms with Crippen molar-refractivity contribution < 1.29 is 0 Å². The average molecular weight is 307 g/mol. The smallest absolute Gasteiger partial charge is 0.133 e. The van der Waals surface area contributed by atoms with Crippen molar-refractivity contribution in [3.05, 3.63) is 85.5 Å². The van der Waals surface area contributed by atoms with Crippen molar-refractivity contribution in [3.63, 3.8) is 0 Å². The highest BCUT2D eigenvalue weighted by Gasteiger charge is 2.12. The second-order valence-corrected chi connectivity index (χ2v) is 5.05. The lowest BCUT2D eigenvalue weighted by Crippen LogP contribution is -2.19. The molecule has 0 radical (unpaired) electrons. The molecule has 120 valence electrons. The first kappa shape index (κ1) is 18.4. The van der Waals surface area contributed by atoms with Crippen LogP contribution in [0.1, 0.15) is 18.9 Å². The lowest BCUT2D eigenvalue weighted by atomic mass is 10.0. The molecular formula is C20H25N3. The summed E-state index contributed by atoms with van der Waals surface area (Å²) in [5, 5.41) is 0. The zero-order valence-electron chi connectivity index (χ0n) is 13.8. The van der Waals surface area contributed by atoms with Gasteiger partial charge in [0.15, 0.2) is 0 Å². The van der Waals surface area contributed by atoms with Crippen LogP contribution >= 0.6 is 0 Å². The van der Waals surface area contributed by atoms with Gasteiger partial charge in [-0.25, -0.2) is 4.99 Å². The Labute approximate surface area is 139 Å². The molecule has 3 nitrogen and oxygen atoms in total. The third-order valence-electron chi connectivity index (χ3n) is 3.28. The zero-order valence-corrected chi connectivity index (χ0v) is 13.8. The Kier molecular flexibility index (Phi) is 8.08. The Bertz CT molecular complexity index is 622. The number of rotatable bonds is 8. The fraction of sp³-hybridized carbons (Fsp3) is 0.200. The van der Waals surface area contributed by atoms with E-state index in [4.69, 9.17) is 5.73 Å². The summed E-state index contributed by atoms with van der Waals surface area (Å²) >= 11 is 0. The van der Waals surface area contributed by atoms with E-state index in [9.17, 15) is 0 Å². The number of hydrogen-bond acceptors (Lipinski definition) is 1. The molecule has 0 aliphatic carbocycles. The predicted octanol–water partition coefficient (Wildman–Crippen LogP) is 4.30. The van der Waals surface area contributed by atoms with Gasteiger partial charge in [0.25, 0.3) is 0 Å². The number of allylic oxidation sites excluding steroid dienone is 2. The largest absolute Gasteiger partial charge is 0.383 e. The Morgan fingerprint density at radius 3 is 2.52 bits per heavy atom. The van der Waals surface area contributed by atoms with Crippen LogP contribution in [0.3, 0.4) is 0 Å². The van der Waals surface area contributed by atoms with Gasteiger partial charge in [0.1, 0.15) is 11.7 Å². The number of hydrogen-bond donors (Lipinski definition) is 1. The number of nitrogens with zero attached hydrogens (tertiary/aromatic N) is 2. The highest BCUT2D eigenvalue weighted by molar-refractivity contribution is 6.06. The topological polar surface area (TPSA) is 50.7 Å². The maximum absolute atomic E-state index is 6.13. The fourth-order valence-electron chi connectivity index (χ4n) is 1.87. The van der Waals surface area contributed by atoms with Gasteiger partial charge in [-0.3, -0.25) is 4.99 Å². The minimum Gasteiger partial charge on any atom is -0.383 e. The van der Waals surface area contributed by atoms with Crippen LogP contribution in [0.2, 0.25) is 0 Å². The minimum absolute atomic E-state index is 0.00563. The van der Waals surface area contributed by atoms with Gasteiger partial charge in [0.2, 0.25) is 0 Å². The van der Waals surface area contributed by atoms with Crippen LogP contribution in [0.25, 0.3) is 0 Å². The first-order valence-corrected chi connectivity index (χ1v) is 7.60. The number of aliphatic imine (C=N–C) groups is 2. The van der Waals surface area contributed by atoms with Crippen LogP contribution in [-0.2, 0) is 0 Å². The molecule has 3 heteroatoms. The molecule has 1 aromatic rings. The van der Waals surface area contributed by atoms with Gasteiger partial charge in [-0.1, -0.05) is 67.8 Å². The third kappa shape index (κ3) is 6.30. The quantitative estimate of drug-likeness (QED) is 0.331. The van der Waals surface area contributed by atoms with E-state index in [0.717, 1.165) is 17.6 Å². The van der Waals surface area contributed by atoms with Crippen molar-refractivity contribution >= 4 is 11.7 Å². The average Bonchev–Trinajstić information content (AvgIpc) is 2.60. The maximum atomic E-state index is 6.13. The van der Waals surface area contributed by atoms with Crippen molar-refractivity contribution in [2.24, 2.45) is 21.6 Å². The summed E-state index contributed by atoms with van der Waals surface area (Å²) < 4.78 is 0. The minimum atomic E-state index is 0.00563. The summed E-state index contributed by atoms with van der Waals surface area (Å²) in [6.07, 6.45) is 8.39. The van der Waals surface area contributed by atoms with Gasteiger partial charge in [0.05, 0.1) is 6.54 Å². The van der Waals surface area contributed by atoms with Crippen molar-refractivity contribution in [1.29, 1.82) is 0 Å². The molecule has 0 aliphatic heterocycles. The molecule has 1 atom stereocenters. The lowest BCUT2D eigenvalue weighted by molar-refractivity contribution is 0.862. The lowest BCUT2D eigenvalue weighted by Gasteiger charge is -2.12. The molecule has 0 aromatic heterocycles. The molecule has 0 spiro atoms. The number of nitrogens with two attached hydrogens (primary N) is 1. The van der Waals surface area contributed by atoms with E-state index in [1.165, 1.54) is 0 Å². The molecule has 0 heterocycles. The number of amidine groups is 2. The van der Waals surface area contributed by atoms with Gasteiger partial charge in [0, 0.05) is 11.5 Å². The maximum Gasteiger partial charge on any atom is 0.133 e. The summed E-state index contributed by atoms with van der Waals surface area (Å²) in [6, 6.07) is 9.65. The SMILES string of the molecule is C=CC(=C)CN=C(N=C(N)c1ccccc1)C(C=C)C/C=C\C. The normalized spacial score (nSPS) is 13.8. The first-order chi connectivity index (χ1) is 11.1. The zero-order chi connectivity index (χ0) is 17.1. The van der Waals surface area contributed by atoms with Crippen LogP contribution in [0.4, 0.5) is 0 Å². The standard InChI is InChI=1S/C20H25N3/c1-5-8-12-17(7-3)20(22-15-16(4)6-2)23-19(21)18-13-10-9-11-14-18/h5-11,13-14,17H,2-4,12,15H2,1H3,(H2,21,22,23)/b8-5-. The van der Waals surface area contributed by atoms with Gasteiger partial charge < -0.3 is 5.73 Å². The molecule has 0 saturated carbocycles. The first-order valence-electron chi connectivity index (χ1n) is 7.60. The molecular weight excluding hydrogens is 282 g/mol. The van der Waals surface area contributed by atoms with Crippen molar-refractivity contribution in [3.8, 4) is 0 Å². The van der Waals surface area contributed by atoms with Gasteiger partial charge >= 0.3 is 0 Å². The van der Waals surface area contributed by atoms with Crippen LogP contribution in [0.15, 0.2) is 89.9 Å². The summed E-state index contributed by atoms with van der Waals surface area (Å²) in [5.74, 6) is 1.11. The molecule has 0 aliphatic rings. The Balaban J connectivity index is 3.14. The molecule has 0 amide bonds. The van der Waals surface area contributed by atoms with E-state index in [0.29, 0.717) is 18.2 Å². The Morgan fingerprint density at radius 2 is 1.96 bits per heavy atom. The molecule has 1 rings (SSSR count). The summed E-state index contributed by atoms with van der Waals surface area (Å²) in [4.78, 5) is 9.10. The van der Waals surface area contributed by atoms with E-state index in [-0.39, 0.29) is 5.92 Å². The fourth-order valence-corrected chi connectivity index (χ4v) is 1.87. The van der Waals surface area contributed by atoms with E-state index in [2.05, 4.69) is 35.8 Å². The van der Waals surface area contributed by atoms with Gasteiger partial charge in [-0.15, -0.1) is 6.58 Å². The Morgan fingerprint density at radius 1 is 1.26 bits per heavy atom. The third-order valence-corrected chi connectivity index (χ3v) is 3.28. The number of benzene rings is 1. The monoisotopic (exact) mass is 307 g/mol. The van der Waals surface area contributed by atoms with E-state index >= 15 is 0 Å². The van der Waals surface area contributed by atoms with Gasteiger partial charge in [-0.05, 0) is 18.9 Å². The predicted molar refractivity (Wildman–Crippen MR) is 102 cm³/mol. The molecule has 23 heavy (non-hydrogen) atoms. The molecule has 1 aromatic carbocycles. The molecule has 1 unspecified atom stereocenters.